The van der Waals surface area contributed by atoms with Crippen molar-refractivity contribution in [3.05, 3.63) is 48.0 Å². The lowest BCUT2D eigenvalue weighted by molar-refractivity contribution is -0.142. The molecule has 0 unspecified atom stereocenters. The molecule has 0 bridgehead atoms. The van der Waals surface area contributed by atoms with Gasteiger partial charge >= 0.3 is 0 Å². The Morgan fingerprint density at radius 3 is 2.45 bits per heavy atom. The van der Waals surface area contributed by atoms with Gasteiger partial charge < -0.3 is 20.0 Å². The van der Waals surface area contributed by atoms with Crippen molar-refractivity contribution in [2.45, 2.75) is 40.2 Å². The van der Waals surface area contributed by atoms with Crippen LogP contribution in [0.2, 0.25) is 0 Å². The fourth-order valence-electron chi connectivity index (χ4n) is 4.26. The quantitative estimate of drug-likeness (QED) is 0.615. The van der Waals surface area contributed by atoms with E-state index in [-0.39, 0.29) is 19.9 Å². The smallest absolute Gasteiger partial charge is 0.251 e. The molecule has 3 aromatic rings. The number of phenolic OH excluding ortho intramolecular Hbond substituents is 1. The number of phenols is 1. The molecule has 0 spiro atoms. The van der Waals surface area contributed by atoms with E-state index in [1.165, 1.54) is 0 Å². The van der Waals surface area contributed by atoms with Crippen LogP contribution in [0.25, 0.3) is 22.3 Å². The zero-order chi connectivity index (χ0) is 23.8. The van der Waals surface area contributed by atoms with Crippen LogP contribution >= 0.6 is 0 Å². The SMILES string of the molecule is Cc1ccc2c(N3CCN(C(=O)[C@H](O)CC(C)(C)C)CC3)nc(-c3ccccc3O)nc2c1.[HH].[HH]. The third-order valence-electron chi connectivity index (χ3n) is 5.96. The molecule has 4 rings (SSSR count). The number of nitrogens with zero attached hydrogens (tertiary/aromatic N) is 4. The van der Waals surface area contributed by atoms with Crippen LogP contribution in [-0.2, 0) is 4.79 Å². The molecule has 178 valence electrons. The van der Waals surface area contributed by atoms with Crippen molar-refractivity contribution < 1.29 is 17.9 Å². The lowest BCUT2D eigenvalue weighted by atomic mass is 9.89. The second-order valence-corrected chi connectivity index (χ2v) is 10.0. The van der Waals surface area contributed by atoms with Crippen molar-refractivity contribution >= 4 is 22.6 Å². The minimum Gasteiger partial charge on any atom is -0.507 e. The van der Waals surface area contributed by atoms with E-state index in [0.717, 1.165) is 22.3 Å². The van der Waals surface area contributed by atoms with Gasteiger partial charge in [0, 0.05) is 34.4 Å². The molecule has 1 saturated heterocycles. The first-order valence-electron chi connectivity index (χ1n) is 11.4. The average molecular weight is 453 g/mol. The molecule has 0 radical (unpaired) electrons. The highest BCUT2D eigenvalue weighted by molar-refractivity contribution is 5.92. The van der Waals surface area contributed by atoms with Crippen LogP contribution in [0.1, 0.15) is 35.6 Å². The molecule has 1 aliphatic heterocycles. The number of piperazine rings is 1. The van der Waals surface area contributed by atoms with Gasteiger partial charge in [0.1, 0.15) is 17.7 Å². The number of hydrogen-bond acceptors (Lipinski definition) is 6. The number of aliphatic hydroxyl groups is 1. The molecule has 2 N–H and O–H groups in total. The van der Waals surface area contributed by atoms with E-state index < -0.39 is 6.10 Å². The van der Waals surface area contributed by atoms with E-state index in [1.807, 2.05) is 58.0 Å². The number of aliphatic hydroxyl groups excluding tert-OH is 1. The van der Waals surface area contributed by atoms with Crippen molar-refractivity contribution in [2.24, 2.45) is 5.41 Å². The normalized spacial score (nSPS) is 15.7. The summed E-state index contributed by atoms with van der Waals surface area (Å²) in [5.74, 6) is 1.20. The van der Waals surface area contributed by atoms with E-state index in [4.69, 9.17) is 9.97 Å². The summed E-state index contributed by atoms with van der Waals surface area (Å²) >= 11 is 0. The number of amides is 1. The van der Waals surface area contributed by atoms with Crippen LogP contribution in [0, 0.1) is 12.3 Å². The van der Waals surface area contributed by atoms with Crippen molar-refractivity contribution in [1.82, 2.24) is 14.9 Å². The molecule has 2 heterocycles. The molecular formula is C26H36N4O3. The number of aromatic nitrogens is 2. The molecule has 1 amide bonds. The zero-order valence-electron chi connectivity index (χ0n) is 19.7. The second kappa shape index (κ2) is 8.98. The first-order chi connectivity index (χ1) is 15.6. The molecule has 0 saturated carbocycles. The van der Waals surface area contributed by atoms with Crippen LogP contribution in [0.4, 0.5) is 5.82 Å². The number of carbonyl (C=O) groups excluding carboxylic acids is 1. The van der Waals surface area contributed by atoms with Gasteiger partial charge in [0.25, 0.3) is 5.91 Å². The largest absolute Gasteiger partial charge is 0.507 e. The first-order valence-corrected chi connectivity index (χ1v) is 11.4. The maximum atomic E-state index is 12.7. The Labute approximate surface area is 197 Å². The third kappa shape index (κ3) is 5.09. The topological polar surface area (TPSA) is 89.8 Å². The van der Waals surface area contributed by atoms with E-state index >= 15 is 0 Å². The van der Waals surface area contributed by atoms with Gasteiger partial charge in [-0.05, 0) is 48.6 Å². The number of fused-ring (bicyclic) bond motifs is 1. The number of aryl methyl sites for hydroxylation is 1. The number of hydrogen-bond donors (Lipinski definition) is 2. The summed E-state index contributed by atoms with van der Waals surface area (Å²) in [4.78, 5) is 26.2. The van der Waals surface area contributed by atoms with Crippen LogP contribution in [-0.4, -0.2) is 63.3 Å². The van der Waals surface area contributed by atoms with Crippen LogP contribution < -0.4 is 4.90 Å². The van der Waals surface area contributed by atoms with E-state index in [9.17, 15) is 15.0 Å². The van der Waals surface area contributed by atoms with Crippen molar-refractivity contribution in [1.29, 1.82) is 0 Å². The maximum Gasteiger partial charge on any atom is 0.251 e. The predicted molar refractivity (Wildman–Crippen MR) is 134 cm³/mol. The van der Waals surface area contributed by atoms with Crippen LogP contribution in [0.5, 0.6) is 5.75 Å². The second-order valence-electron chi connectivity index (χ2n) is 10.0. The van der Waals surface area contributed by atoms with Gasteiger partial charge in [0.05, 0.1) is 11.1 Å². The summed E-state index contributed by atoms with van der Waals surface area (Å²) in [7, 11) is 0. The summed E-state index contributed by atoms with van der Waals surface area (Å²) in [5.41, 5.74) is 2.38. The van der Waals surface area contributed by atoms with Crippen molar-refractivity contribution in [3.63, 3.8) is 0 Å². The van der Waals surface area contributed by atoms with Crippen molar-refractivity contribution in [3.8, 4) is 17.1 Å². The van der Waals surface area contributed by atoms with Crippen molar-refractivity contribution in [2.75, 3.05) is 31.1 Å². The summed E-state index contributed by atoms with van der Waals surface area (Å²) in [6.45, 7) is 10.3. The molecule has 1 atom stereocenters. The number of para-hydroxylation sites is 1. The van der Waals surface area contributed by atoms with Gasteiger partial charge in [-0.2, -0.15) is 0 Å². The summed E-state index contributed by atoms with van der Waals surface area (Å²) < 4.78 is 0. The monoisotopic (exact) mass is 452 g/mol. The molecule has 7 heteroatoms. The minimum absolute atomic E-state index is 0. The van der Waals surface area contributed by atoms with E-state index in [1.54, 1.807) is 17.0 Å². The standard InChI is InChI=1S/C26H32N4O3.2H2/c1-17-9-10-18-20(15-17)27-23(19-7-5-6-8-21(19)31)28-24(18)29-11-13-30(14-12-29)25(33)22(32)16-26(2,3)4;;/h5-10,15,22,31-32H,11-14,16H2,1-4H3;2*1H/t22-;;/m1../s1. The molecule has 1 fully saturated rings. The Bertz CT molecular complexity index is 1170. The molecule has 33 heavy (non-hydrogen) atoms. The molecule has 1 aliphatic rings. The summed E-state index contributed by atoms with van der Waals surface area (Å²) in [6, 6.07) is 13.2. The number of rotatable bonds is 4. The summed E-state index contributed by atoms with van der Waals surface area (Å²) in [6.07, 6.45) is -0.543. The van der Waals surface area contributed by atoms with E-state index in [0.29, 0.717) is 44.0 Å². The lowest BCUT2D eigenvalue weighted by Gasteiger charge is -2.37. The van der Waals surface area contributed by atoms with E-state index in [2.05, 4.69) is 4.90 Å². The van der Waals surface area contributed by atoms with Gasteiger partial charge in [-0.1, -0.05) is 39.0 Å². The number of carbonyl (C=O) groups is 1. The zero-order valence-corrected chi connectivity index (χ0v) is 19.7. The van der Waals surface area contributed by atoms with Gasteiger partial charge in [-0.15, -0.1) is 0 Å². The van der Waals surface area contributed by atoms with Crippen LogP contribution in [0.3, 0.4) is 0 Å². The number of anilines is 1. The molecule has 1 aromatic heterocycles. The van der Waals surface area contributed by atoms with Crippen LogP contribution in [0.15, 0.2) is 42.5 Å². The summed E-state index contributed by atoms with van der Waals surface area (Å²) in [5, 5.41) is 21.7. The average Bonchev–Trinajstić information content (AvgIpc) is 2.77. The molecule has 2 aromatic carbocycles. The Balaban J connectivity index is 0.00000216. The number of benzene rings is 2. The number of aromatic hydroxyl groups is 1. The van der Waals surface area contributed by atoms with Gasteiger partial charge in [0.15, 0.2) is 5.82 Å². The highest BCUT2D eigenvalue weighted by Crippen LogP contribution is 2.32. The predicted octanol–water partition coefficient (Wildman–Crippen LogP) is 4.25. The molecule has 0 aliphatic carbocycles. The maximum absolute atomic E-state index is 12.7. The highest BCUT2D eigenvalue weighted by Gasteiger charge is 2.30. The molecular weight excluding hydrogens is 416 g/mol. The Morgan fingerprint density at radius 1 is 1.09 bits per heavy atom. The van der Waals surface area contributed by atoms with Gasteiger partial charge in [-0.3, -0.25) is 4.79 Å². The first kappa shape index (κ1) is 23.0. The third-order valence-corrected chi connectivity index (χ3v) is 5.96. The molecule has 7 nitrogen and oxygen atoms in total. The highest BCUT2D eigenvalue weighted by atomic mass is 16.3. The fraction of sp³-hybridized carbons (Fsp3) is 0.423. The van der Waals surface area contributed by atoms with Gasteiger partial charge in [0.2, 0.25) is 0 Å². The lowest BCUT2D eigenvalue weighted by Crippen LogP contribution is -2.52. The minimum atomic E-state index is -0.980. The fourth-order valence-corrected chi connectivity index (χ4v) is 4.26. The van der Waals surface area contributed by atoms with Gasteiger partial charge in [-0.25, -0.2) is 9.97 Å². The Kier molecular flexibility index (Phi) is 6.26. The Morgan fingerprint density at radius 2 is 1.79 bits per heavy atom. The Hall–Kier alpha value is -3.19.